The van der Waals surface area contributed by atoms with Crippen LogP contribution in [0.3, 0.4) is 0 Å². The van der Waals surface area contributed by atoms with E-state index in [1.54, 1.807) is 0 Å². The number of amides is 1. The van der Waals surface area contributed by atoms with Crippen molar-refractivity contribution in [2.45, 2.75) is 45.3 Å². The molecule has 2 atom stereocenters. The van der Waals surface area contributed by atoms with Gasteiger partial charge in [-0.2, -0.15) is 13.2 Å². The van der Waals surface area contributed by atoms with E-state index >= 15 is 0 Å². The summed E-state index contributed by atoms with van der Waals surface area (Å²) in [5, 5.41) is 6.27. The van der Waals surface area contributed by atoms with E-state index in [0.717, 1.165) is 56.7 Å². The first-order valence-corrected chi connectivity index (χ1v) is 9.73. The number of nitrogens with one attached hydrogen (secondary N) is 2. The number of hydrogen-bond acceptors (Lipinski definition) is 3. The first kappa shape index (κ1) is 28.0. The monoisotopic (exact) mass is 457 g/mol. The zero-order valence-electron chi connectivity index (χ0n) is 16.9. The number of nitrogens with zero attached hydrogens (tertiary/aromatic N) is 1. The molecule has 0 aliphatic carbocycles. The molecule has 168 valence electrons. The summed E-state index contributed by atoms with van der Waals surface area (Å²) in [4.78, 5) is 14.4. The molecule has 0 aromatic heterocycles. The number of likely N-dealkylation sites (N-methyl/N-ethyl adjacent to an activating group) is 1. The number of carbonyl (C=O) groups is 1. The maximum absolute atomic E-state index is 12.8. The van der Waals surface area contributed by atoms with Gasteiger partial charge in [-0.3, -0.25) is 9.69 Å². The van der Waals surface area contributed by atoms with Crippen LogP contribution in [0.25, 0.3) is 0 Å². The molecule has 1 heterocycles. The lowest BCUT2D eigenvalue weighted by Crippen LogP contribution is -2.38. The van der Waals surface area contributed by atoms with Crippen molar-refractivity contribution in [3.05, 3.63) is 35.4 Å². The summed E-state index contributed by atoms with van der Waals surface area (Å²) in [5.41, 5.74) is 0.130. The van der Waals surface area contributed by atoms with Crippen LogP contribution in [0.2, 0.25) is 0 Å². The normalized spacial score (nSPS) is 17.4. The highest BCUT2D eigenvalue weighted by molar-refractivity contribution is 5.85. The Hall–Kier alpha value is -1.02. The fourth-order valence-corrected chi connectivity index (χ4v) is 3.61. The predicted molar refractivity (Wildman–Crippen MR) is 115 cm³/mol. The minimum Gasteiger partial charge on any atom is -0.354 e. The van der Waals surface area contributed by atoms with E-state index in [1.807, 2.05) is 13.8 Å². The number of carbonyl (C=O) groups excluding carboxylic acids is 1. The molecule has 29 heavy (non-hydrogen) atoms. The lowest BCUT2D eigenvalue weighted by atomic mass is 10.0. The Morgan fingerprint density at radius 2 is 1.83 bits per heavy atom. The number of rotatable bonds is 9. The molecule has 2 N–H and O–H groups in total. The van der Waals surface area contributed by atoms with Crippen molar-refractivity contribution < 1.29 is 18.0 Å². The average molecular weight is 458 g/mol. The average Bonchev–Trinajstić information content (AvgIpc) is 3.16. The molecule has 9 heteroatoms. The maximum atomic E-state index is 12.8. The van der Waals surface area contributed by atoms with Gasteiger partial charge >= 0.3 is 6.18 Å². The fraction of sp³-hybridized carbons (Fsp3) is 0.650. The van der Waals surface area contributed by atoms with Crippen molar-refractivity contribution in [1.82, 2.24) is 15.5 Å². The van der Waals surface area contributed by atoms with Crippen LogP contribution in [0.1, 0.15) is 50.3 Å². The summed E-state index contributed by atoms with van der Waals surface area (Å²) in [6.45, 7) is 7.92. The molecule has 1 aliphatic heterocycles. The second-order valence-corrected chi connectivity index (χ2v) is 7.06. The molecule has 1 fully saturated rings. The van der Waals surface area contributed by atoms with Gasteiger partial charge in [0.2, 0.25) is 5.91 Å². The van der Waals surface area contributed by atoms with Crippen LogP contribution in [-0.4, -0.2) is 43.5 Å². The Labute approximate surface area is 183 Å². The highest BCUT2D eigenvalue weighted by Crippen LogP contribution is 2.30. The Kier molecular flexibility index (Phi) is 12.8. The number of alkyl halides is 3. The molecule has 1 aliphatic rings. The second kappa shape index (κ2) is 13.3. The van der Waals surface area contributed by atoms with Crippen molar-refractivity contribution >= 4 is 30.7 Å². The second-order valence-electron chi connectivity index (χ2n) is 7.06. The van der Waals surface area contributed by atoms with E-state index in [2.05, 4.69) is 15.5 Å². The predicted octanol–water partition coefficient (Wildman–Crippen LogP) is 4.44. The quantitative estimate of drug-likeness (QED) is 0.575. The molecule has 4 nitrogen and oxygen atoms in total. The van der Waals surface area contributed by atoms with Gasteiger partial charge in [0.25, 0.3) is 0 Å². The summed E-state index contributed by atoms with van der Waals surface area (Å²) in [6.07, 6.45) is -1.87. The van der Waals surface area contributed by atoms with Crippen LogP contribution in [0, 0.1) is 5.92 Å². The van der Waals surface area contributed by atoms with Gasteiger partial charge in [-0.05, 0) is 62.6 Å². The molecule has 1 aromatic rings. The van der Waals surface area contributed by atoms with E-state index in [-0.39, 0.29) is 36.8 Å². The minimum absolute atomic E-state index is 0. The SMILES string of the molecule is CCN(CC)C(CNC(=O)CCC1CCNC1)c1ccc(C(F)(F)F)cc1.Cl.Cl. The standard InChI is InChI=1S/C20H30F3N3O.2ClH/c1-3-26(4-2)18(16-6-8-17(9-7-16)20(21,22)23)14-25-19(27)10-5-15-11-12-24-13-15;;/h6-9,15,18,24H,3-5,10-14H2,1-2H3,(H,25,27);2*1H. The van der Waals surface area contributed by atoms with Crippen molar-refractivity contribution in [1.29, 1.82) is 0 Å². The van der Waals surface area contributed by atoms with Gasteiger partial charge in [0.05, 0.1) is 11.6 Å². The van der Waals surface area contributed by atoms with Gasteiger partial charge in [0, 0.05) is 13.0 Å². The van der Waals surface area contributed by atoms with Gasteiger partial charge in [-0.15, -0.1) is 24.8 Å². The highest BCUT2D eigenvalue weighted by atomic mass is 35.5. The van der Waals surface area contributed by atoms with E-state index in [0.29, 0.717) is 18.9 Å². The third-order valence-corrected chi connectivity index (χ3v) is 5.31. The maximum Gasteiger partial charge on any atom is 0.416 e. The molecule has 1 aromatic carbocycles. The van der Waals surface area contributed by atoms with Crippen molar-refractivity contribution in [3.8, 4) is 0 Å². The largest absolute Gasteiger partial charge is 0.416 e. The van der Waals surface area contributed by atoms with Crippen LogP contribution in [-0.2, 0) is 11.0 Å². The van der Waals surface area contributed by atoms with Crippen LogP contribution in [0.15, 0.2) is 24.3 Å². The summed E-state index contributed by atoms with van der Waals surface area (Å²) >= 11 is 0. The van der Waals surface area contributed by atoms with Crippen molar-refractivity contribution in [2.75, 3.05) is 32.7 Å². The molecule has 2 unspecified atom stereocenters. The molecular weight excluding hydrogens is 426 g/mol. The molecule has 0 radical (unpaired) electrons. The minimum atomic E-state index is -4.34. The summed E-state index contributed by atoms with van der Waals surface area (Å²) in [6, 6.07) is 5.12. The lowest BCUT2D eigenvalue weighted by molar-refractivity contribution is -0.137. The zero-order chi connectivity index (χ0) is 19.9. The summed E-state index contributed by atoms with van der Waals surface area (Å²) < 4.78 is 38.4. The van der Waals surface area contributed by atoms with Crippen LogP contribution < -0.4 is 10.6 Å². The zero-order valence-corrected chi connectivity index (χ0v) is 18.6. The number of halogens is 5. The topological polar surface area (TPSA) is 44.4 Å². The van der Waals surface area contributed by atoms with Crippen LogP contribution in [0.5, 0.6) is 0 Å². The molecule has 0 saturated carbocycles. The van der Waals surface area contributed by atoms with Crippen molar-refractivity contribution in [3.63, 3.8) is 0 Å². The van der Waals surface area contributed by atoms with Crippen LogP contribution >= 0.6 is 24.8 Å². The Morgan fingerprint density at radius 3 is 2.31 bits per heavy atom. The first-order chi connectivity index (χ1) is 12.8. The third-order valence-electron chi connectivity index (χ3n) is 5.31. The number of benzene rings is 1. The van der Waals surface area contributed by atoms with E-state index in [1.165, 1.54) is 12.1 Å². The third kappa shape index (κ3) is 8.70. The Bertz CT molecular complexity index is 590. The molecule has 1 amide bonds. The first-order valence-electron chi connectivity index (χ1n) is 9.73. The Balaban J connectivity index is 0.00000392. The number of hydrogen-bond donors (Lipinski definition) is 2. The van der Waals surface area contributed by atoms with Crippen LogP contribution in [0.4, 0.5) is 13.2 Å². The molecule has 2 rings (SSSR count). The van der Waals surface area contributed by atoms with E-state index < -0.39 is 11.7 Å². The Morgan fingerprint density at radius 1 is 1.21 bits per heavy atom. The van der Waals surface area contributed by atoms with Gasteiger partial charge in [0.15, 0.2) is 0 Å². The van der Waals surface area contributed by atoms with Gasteiger partial charge < -0.3 is 10.6 Å². The van der Waals surface area contributed by atoms with Crippen molar-refractivity contribution in [2.24, 2.45) is 5.92 Å². The van der Waals surface area contributed by atoms with Gasteiger partial charge in [0.1, 0.15) is 0 Å². The fourth-order valence-electron chi connectivity index (χ4n) is 3.61. The van der Waals surface area contributed by atoms with E-state index in [4.69, 9.17) is 0 Å². The molecule has 0 bridgehead atoms. The molecular formula is C20H32Cl2F3N3O. The lowest BCUT2D eigenvalue weighted by Gasteiger charge is -2.30. The smallest absolute Gasteiger partial charge is 0.354 e. The summed E-state index contributed by atoms with van der Waals surface area (Å²) in [5.74, 6) is 0.565. The van der Waals surface area contributed by atoms with E-state index in [9.17, 15) is 18.0 Å². The highest BCUT2D eigenvalue weighted by Gasteiger charge is 2.30. The molecule has 0 spiro atoms. The van der Waals surface area contributed by atoms with Gasteiger partial charge in [-0.25, -0.2) is 0 Å². The summed E-state index contributed by atoms with van der Waals surface area (Å²) in [7, 11) is 0. The molecule has 1 saturated heterocycles. The van der Waals surface area contributed by atoms with Gasteiger partial charge in [-0.1, -0.05) is 26.0 Å².